The fourth-order valence-electron chi connectivity index (χ4n) is 3.19. The molecule has 1 saturated heterocycles. The molecule has 2 aromatic carbocycles. The molecule has 158 valence electrons. The highest BCUT2D eigenvalue weighted by molar-refractivity contribution is 5.89. The van der Waals surface area contributed by atoms with E-state index < -0.39 is 5.97 Å². The van der Waals surface area contributed by atoms with E-state index in [4.69, 9.17) is 14.2 Å². The molecule has 0 saturated carbocycles. The molecule has 1 heterocycles. The van der Waals surface area contributed by atoms with Gasteiger partial charge in [-0.1, -0.05) is 12.1 Å². The molecule has 1 aliphatic heterocycles. The van der Waals surface area contributed by atoms with Gasteiger partial charge >= 0.3 is 5.97 Å². The first-order chi connectivity index (χ1) is 14.6. The number of hydrogen-bond donors (Lipinski definition) is 0. The molecule has 2 aromatic rings. The maximum absolute atomic E-state index is 12.4. The molecule has 30 heavy (non-hydrogen) atoms. The first-order valence-electron chi connectivity index (χ1n) is 9.74. The number of piperazine rings is 1. The Balaban J connectivity index is 1.42. The second kappa shape index (κ2) is 10.3. The first-order valence-corrected chi connectivity index (χ1v) is 9.74. The minimum atomic E-state index is -0.553. The predicted molar refractivity (Wildman–Crippen MR) is 115 cm³/mol. The van der Waals surface area contributed by atoms with Gasteiger partial charge < -0.3 is 24.0 Å². The van der Waals surface area contributed by atoms with E-state index in [9.17, 15) is 9.59 Å². The summed E-state index contributed by atoms with van der Waals surface area (Å²) in [6.07, 6.45) is 2.94. The number of methoxy groups -OCH3 is 2. The molecule has 7 nitrogen and oxygen atoms in total. The Labute approximate surface area is 176 Å². The van der Waals surface area contributed by atoms with Crippen molar-refractivity contribution in [1.82, 2.24) is 4.90 Å². The van der Waals surface area contributed by atoms with Crippen LogP contribution < -0.4 is 14.4 Å². The number of esters is 1. The van der Waals surface area contributed by atoms with Crippen molar-refractivity contribution in [2.45, 2.75) is 0 Å². The average molecular weight is 410 g/mol. The molecular weight excluding hydrogens is 384 g/mol. The third-order valence-electron chi connectivity index (χ3n) is 4.91. The van der Waals surface area contributed by atoms with Gasteiger partial charge in [-0.2, -0.15) is 0 Å². The normalized spacial score (nSPS) is 13.9. The number of benzene rings is 2. The molecule has 1 amide bonds. The van der Waals surface area contributed by atoms with Crippen molar-refractivity contribution in [2.75, 3.05) is 51.9 Å². The summed E-state index contributed by atoms with van der Waals surface area (Å²) in [7, 11) is 3.22. The zero-order valence-electron chi connectivity index (χ0n) is 17.2. The fraction of sp³-hybridized carbons (Fsp3) is 0.304. The molecular formula is C23H26N2O5. The number of hydrogen-bond acceptors (Lipinski definition) is 6. The van der Waals surface area contributed by atoms with Crippen LogP contribution in [0.5, 0.6) is 11.5 Å². The van der Waals surface area contributed by atoms with Gasteiger partial charge in [0.05, 0.1) is 14.2 Å². The minimum absolute atomic E-state index is 0.187. The third-order valence-corrected chi connectivity index (χ3v) is 4.91. The van der Waals surface area contributed by atoms with E-state index in [0.29, 0.717) is 18.8 Å². The number of amides is 1. The van der Waals surface area contributed by atoms with Crippen LogP contribution in [0, 0.1) is 0 Å². The quantitative estimate of drug-likeness (QED) is 0.516. The zero-order valence-corrected chi connectivity index (χ0v) is 17.2. The summed E-state index contributed by atoms with van der Waals surface area (Å²) in [5.41, 5.74) is 1.91. The van der Waals surface area contributed by atoms with E-state index in [-0.39, 0.29) is 12.5 Å². The number of anilines is 1. The monoisotopic (exact) mass is 410 g/mol. The molecule has 0 radical (unpaired) electrons. The molecule has 1 aliphatic rings. The van der Waals surface area contributed by atoms with Crippen LogP contribution in [-0.2, 0) is 14.3 Å². The van der Waals surface area contributed by atoms with Crippen LogP contribution in [0.25, 0.3) is 6.08 Å². The summed E-state index contributed by atoms with van der Waals surface area (Å²) in [6.45, 7) is 2.36. The highest BCUT2D eigenvalue weighted by atomic mass is 16.5. The summed E-state index contributed by atoms with van der Waals surface area (Å²) in [6, 6.07) is 15.2. The molecule has 0 atom stereocenters. The minimum Gasteiger partial charge on any atom is -0.497 e. The first kappa shape index (κ1) is 21.2. The van der Waals surface area contributed by atoms with Gasteiger partial charge in [0.25, 0.3) is 5.91 Å². The van der Waals surface area contributed by atoms with Crippen molar-refractivity contribution in [1.29, 1.82) is 0 Å². The molecule has 0 N–H and O–H groups in total. The van der Waals surface area contributed by atoms with Gasteiger partial charge in [0.1, 0.15) is 11.5 Å². The molecule has 0 spiro atoms. The van der Waals surface area contributed by atoms with E-state index in [0.717, 1.165) is 30.1 Å². The van der Waals surface area contributed by atoms with Crippen LogP contribution >= 0.6 is 0 Å². The smallest absolute Gasteiger partial charge is 0.331 e. The van der Waals surface area contributed by atoms with Gasteiger partial charge in [0.2, 0.25) is 0 Å². The van der Waals surface area contributed by atoms with Crippen LogP contribution in [0.15, 0.2) is 54.6 Å². The topological polar surface area (TPSA) is 68.3 Å². The molecule has 0 aliphatic carbocycles. The van der Waals surface area contributed by atoms with Gasteiger partial charge in [-0.05, 0) is 48.0 Å². The van der Waals surface area contributed by atoms with Crippen molar-refractivity contribution in [3.05, 3.63) is 60.2 Å². The van der Waals surface area contributed by atoms with E-state index >= 15 is 0 Å². The van der Waals surface area contributed by atoms with Gasteiger partial charge in [0, 0.05) is 37.9 Å². The maximum atomic E-state index is 12.4. The van der Waals surface area contributed by atoms with Gasteiger partial charge in [0.15, 0.2) is 6.61 Å². The van der Waals surface area contributed by atoms with Crippen LogP contribution in [0.3, 0.4) is 0 Å². The van der Waals surface area contributed by atoms with Crippen LogP contribution in [0.4, 0.5) is 5.69 Å². The fourth-order valence-corrected chi connectivity index (χ4v) is 3.19. The van der Waals surface area contributed by atoms with Crippen molar-refractivity contribution in [3.8, 4) is 11.5 Å². The number of ether oxygens (including phenoxy) is 3. The Kier molecular flexibility index (Phi) is 7.32. The standard InChI is InChI=1S/C23H26N2O5/c1-28-20-9-7-19(8-10-20)24-12-14-25(15-13-24)22(26)17-30-23(27)11-6-18-4-3-5-21(16-18)29-2/h3-11,16H,12-15,17H2,1-2H3/b11-6+. The zero-order chi connectivity index (χ0) is 21.3. The van der Waals surface area contributed by atoms with Crippen molar-refractivity contribution < 1.29 is 23.8 Å². The van der Waals surface area contributed by atoms with E-state index in [2.05, 4.69) is 4.90 Å². The molecule has 0 aromatic heterocycles. The Morgan fingerprint density at radius 2 is 1.63 bits per heavy atom. The lowest BCUT2D eigenvalue weighted by atomic mass is 10.2. The SMILES string of the molecule is COc1ccc(N2CCN(C(=O)COC(=O)/C=C/c3cccc(OC)c3)CC2)cc1. The van der Waals surface area contributed by atoms with E-state index in [1.54, 1.807) is 31.3 Å². The molecule has 0 unspecified atom stereocenters. The molecule has 0 bridgehead atoms. The van der Waals surface area contributed by atoms with Crippen LogP contribution in [0.1, 0.15) is 5.56 Å². The highest BCUT2D eigenvalue weighted by Crippen LogP contribution is 2.20. The maximum Gasteiger partial charge on any atom is 0.331 e. The Bertz CT molecular complexity index is 887. The predicted octanol–water partition coefficient (Wildman–Crippen LogP) is 2.61. The van der Waals surface area contributed by atoms with Crippen LogP contribution in [0.2, 0.25) is 0 Å². The summed E-state index contributed by atoms with van der Waals surface area (Å²) in [5, 5.41) is 0. The second-order valence-electron chi connectivity index (χ2n) is 6.78. The third kappa shape index (κ3) is 5.76. The van der Waals surface area contributed by atoms with Gasteiger partial charge in [-0.3, -0.25) is 4.79 Å². The van der Waals surface area contributed by atoms with E-state index in [1.165, 1.54) is 6.08 Å². The van der Waals surface area contributed by atoms with Crippen molar-refractivity contribution in [2.24, 2.45) is 0 Å². The lowest BCUT2D eigenvalue weighted by Crippen LogP contribution is -2.49. The van der Waals surface area contributed by atoms with Crippen molar-refractivity contribution >= 4 is 23.6 Å². The van der Waals surface area contributed by atoms with Crippen LogP contribution in [-0.4, -0.2) is 63.8 Å². The highest BCUT2D eigenvalue weighted by Gasteiger charge is 2.22. The number of carbonyl (C=O) groups is 2. The second-order valence-corrected chi connectivity index (χ2v) is 6.78. The Hall–Kier alpha value is -3.48. The largest absolute Gasteiger partial charge is 0.497 e. The average Bonchev–Trinajstić information content (AvgIpc) is 2.81. The Morgan fingerprint density at radius 3 is 2.30 bits per heavy atom. The number of rotatable bonds is 7. The summed E-state index contributed by atoms with van der Waals surface area (Å²) >= 11 is 0. The molecule has 7 heteroatoms. The lowest BCUT2D eigenvalue weighted by Gasteiger charge is -2.36. The summed E-state index contributed by atoms with van der Waals surface area (Å²) < 4.78 is 15.4. The molecule has 3 rings (SSSR count). The van der Waals surface area contributed by atoms with Crippen molar-refractivity contribution in [3.63, 3.8) is 0 Å². The Morgan fingerprint density at radius 1 is 0.933 bits per heavy atom. The number of carbonyl (C=O) groups excluding carboxylic acids is 2. The summed E-state index contributed by atoms with van der Waals surface area (Å²) in [4.78, 5) is 28.2. The molecule has 1 fully saturated rings. The van der Waals surface area contributed by atoms with Gasteiger partial charge in [-0.25, -0.2) is 4.79 Å². The summed E-state index contributed by atoms with van der Waals surface area (Å²) in [5.74, 6) is 0.778. The van der Waals surface area contributed by atoms with Gasteiger partial charge in [-0.15, -0.1) is 0 Å². The van der Waals surface area contributed by atoms with E-state index in [1.807, 2.05) is 42.5 Å². The lowest BCUT2D eigenvalue weighted by molar-refractivity contribution is -0.148. The number of nitrogens with zero attached hydrogens (tertiary/aromatic N) is 2.